The molecule has 0 atom stereocenters. The van der Waals surface area contributed by atoms with Crippen molar-refractivity contribution in [2.75, 3.05) is 0 Å². The molecule has 0 aliphatic rings. The van der Waals surface area contributed by atoms with Crippen molar-refractivity contribution in [1.82, 2.24) is 0 Å². The molecule has 0 amide bonds. The van der Waals surface area contributed by atoms with E-state index in [0.29, 0.717) is 0 Å². The second-order valence-corrected chi connectivity index (χ2v) is 3.02. The minimum Gasteiger partial charge on any atom is -0.481 e. The summed E-state index contributed by atoms with van der Waals surface area (Å²) < 4.78 is 0. The predicted octanol–water partition coefficient (Wildman–Crippen LogP) is -1.82. The number of carboxylic acid groups (broad SMARTS) is 4. The van der Waals surface area contributed by atoms with Gasteiger partial charge in [-0.3, -0.25) is 9.59 Å². The summed E-state index contributed by atoms with van der Waals surface area (Å²) in [4.78, 5) is 39.7. The van der Waals surface area contributed by atoms with Gasteiger partial charge in [0.05, 0.1) is 12.8 Å². The highest BCUT2D eigenvalue weighted by Crippen LogP contribution is 2.15. The van der Waals surface area contributed by atoms with Crippen LogP contribution in [0.1, 0.15) is 12.8 Å². The van der Waals surface area contributed by atoms with Gasteiger partial charge in [0.1, 0.15) is 0 Å². The Balaban J connectivity index is -0.000000366. The van der Waals surface area contributed by atoms with Gasteiger partial charge in [0.2, 0.25) is 0 Å². The van der Waals surface area contributed by atoms with E-state index in [9.17, 15) is 19.2 Å². The number of aliphatic hydroxyl groups is 1. The maximum Gasteiger partial charge on any atom is 0.336 e. The van der Waals surface area contributed by atoms with Crippen molar-refractivity contribution in [1.29, 1.82) is 0 Å². The average molecular weight is 282 g/mol. The lowest BCUT2D eigenvalue weighted by atomic mass is 9.96. The lowest BCUT2D eigenvalue weighted by molar-refractivity contribution is -0.170. The van der Waals surface area contributed by atoms with Crippen molar-refractivity contribution >= 4 is 23.9 Å². The van der Waals surface area contributed by atoms with Gasteiger partial charge in [0.15, 0.2) is 5.60 Å². The van der Waals surface area contributed by atoms with Crippen LogP contribution in [-0.4, -0.2) is 60.5 Å². The monoisotopic (exact) mass is 282 g/mol. The smallest absolute Gasteiger partial charge is 0.336 e. The van der Waals surface area contributed by atoms with Crippen molar-refractivity contribution in [3.8, 4) is 0 Å². The summed E-state index contributed by atoms with van der Waals surface area (Å²) >= 11 is 0. The standard InChI is InChI=1S/C6H8O7.C3H4O2.H2O/c7-3(8)1-6(13,5(11)12)2-4(9)10;1-2-3(4)5;/h13H,1-2H2,(H,7,8)(H,9,10)(H,11,12);2H,1H2,(H,4,5);1H2. The first kappa shape index (κ1) is 21.8. The number of carbonyl (C=O) groups is 4. The highest BCUT2D eigenvalue weighted by atomic mass is 16.4. The summed E-state index contributed by atoms with van der Waals surface area (Å²) in [6.45, 7) is 2.96. The quantitative estimate of drug-likeness (QED) is 0.347. The fourth-order valence-corrected chi connectivity index (χ4v) is 0.714. The first-order valence-electron chi connectivity index (χ1n) is 4.30. The van der Waals surface area contributed by atoms with Crippen LogP contribution in [0, 0.1) is 0 Å². The zero-order valence-corrected chi connectivity index (χ0v) is 9.57. The maximum atomic E-state index is 10.3. The van der Waals surface area contributed by atoms with Crippen molar-refractivity contribution in [2.24, 2.45) is 0 Å². The molecule has 0 aliphatic heterocycles. The number of hydrogen-bond acceptors (Lipinski definition) is 5. The first-order chi connectivity index (χ1) is 8.05. The Bertz CT molecular complexity index is 342. The molecular formula is C9H14O10. The van der Waals surface area contributed by atoms with Gasteiger partial charge in [-0.25, -0.2) is 9.59 Å². The summed E-state index contributed by atoms with van der Waals surface area (Å²) in [6.07, 6.45) is -1.46. The highest BCUT2D eigenvalue weighted by molar-refractivity contribution is 5.88. The van der Waals surface area contributed by atoms with Crippen LogP contribution in [-0.2, 0) is 19.2 Å². The Hall–Kier alpha value is -2.46. The molecule has 0 bridgehead atoms. The molecule has 7 N–H and O–H groups in total. The molecule has 0 aromatic heterocycles. The van der Waals surface area contributed by atoms with Gasteiger partial charge in [-0.05, 0) is 0 Å². The molecule has 0 aromatic rings. The zero-order chi connectivity index (χ0) is 14.9. The number of carboxylic acids is 4. The third-order valence-corrected chi connectivity index (χ3v) is 1.46. The number of aliphatic carboxylic acids is 4. The Kier molecular flexibility index (Phi) is 11.0. The normalized spacial score (nSPS) is 9.11. The molecule has 0 heterocycles. The predicted molar refractivity (Wildman–Crippen MR) is 58.5 cm³/mol. The lowest BCUT2D eigenvalue weighted by Crippen LogP contribution is -2.42. The SMILES string of the molecule is C=CC(=O)O.O.O=C(O)CC(O)(CC(=O)O)C(=O)O. The highest BCUT2D eigenvalue weighted by Gasteiger charge is 2.40. The van der Waals surface area contributed by atoms with Crippen LogP contribution < -0.4 is 0 Å². The van der Waals surface area contributed by atoms with Crippen LogP contribution in [0.4, 0.5) is 0 Å². The van der Waals surface area contributed by atoms with Gasteiger partial charge in [0, 0.05) is 6.08 Å². The van der Waals surface area contributed by atoms with Gasteiger partial charge in [-0.1, -0.05) is 6.58 Å². The Morgan fingerprint density at radius 2 is 1.21 bits per heavy atom. The van der Waals surface area contributed by atoms with E-state index in [2.05, 4.69) is 6.58 Å². The van der Waals surface area contributed by atoms with Crippen LogP contribution >= 0.6 is 0 Å². The van der Waals surface area contributed by atoms with Crippen LogP contribution in [0.5, 0.6) is 0 Å². The molecule has 19 heavy (non-hydrogen) atoms. The second-order valence-electron chi connectivity index (χ2n) is 3.02. The Morgan fingerprint density at radius 1 is 0.947 bits per heavy atom. The third kappa shape index (κ3) is 11.8. The van der Waals surface area contributed by atoms with Gasteiger partial charge in [0.25, 0.3) is 0 Å². The van der Waals surface area contributed by atoms with Crippen LogP contribution in [0.3, 0.4) is 0 Å². The molecular weight excluding hydrogens is 268 g/mol. The maximum absolute atomic E-state index is 10.3. The van der Waals surface area contributed by atoms with E-state index >= 15 is 0 Å². The van der Waals surface area contributed by atoms with Gasteiger partial charge < -0.3 is 31.0 Å². The molecule has 110 valence electrons. The molecule has 0 aliphatic carbocycles. The molecule has 0 saturated heterocycles. The summed E-state index contributed by atoms with van der Waals surface area (Å²) in [5.41, 5.74) is -2.74. The number of hydrogen-bond donors (Lipinski definition) is 5. The van der Waals surface area contributed by atoms with E-state index in [-0.39, 0.29) is 5.48 Å². The van der Waals surface area contributed by atoms with E-state index < -0.39 is 42.3 Å². The van der Waals surface area contributed by atoms with Crippen molar-refractivity contribution in [3.63, 3.8) is 0 Å². The molecule has 0 saturated carbocycles. The second kappa shape index (κ2) is 9.56. The Morgan fingerprint density at radius 3 is 1.32 bits per heavy atom. The van der Waals surface area contributed by atoms with Crippen molar-refractivity contribution < 1.29 is 50.2 Å². The lowest BCUT2D eigenvalue weighted by Gasteiger charge is -2.18. The van der Waals surface area contributed by atoms with Crippen LogP contribution in [0.25, 0.3) is 0 Å². The van der Waals surface area contributed by atoms with Gasteiger partial charge in [-0.2, -0.15) is 0 Å². The molecule has 10 heteroatoms. The summed E-state index contributed by atoms with van der Waals surface area (Å²) in [6, 6.07) is 0. The summed E-state index contributed by atoms with van der Waals surface area (Å²) in [5, 5.41) is 41.4. The molecule has 10 nitrogen and oxygen atoms in total. The van der Waals surface area contributed by atoms with E-state index in [1.54, 1.807) is 0 Å². The number of rotatable bonds is 6. The molecule has 0 fully saturated rings. The van der Waals surface area contributed by atoms with Crippen LogP contribution in [0.15, 0.2) is 12.7 Å². The largest absolute Gasteiger partial charge is 0.481 e. The molecule has 0 spiro atoms. The minimum absolute atomic E-state index is 0. The van der Waals surface area contributed by atoms with E-state index in [1.165, 1.54) is 0 Å². The molecule has 0 rings (SSSR count). The van der Waals surface area contributed by atoms with Crippen molar-refractivity contribution in [2.45, 2.75) is 18.4 Å². The topological polar surface area (TPSA) is 201 Å². The summed E-state index contributed by atoms with van der Waals surface area (Å²) in [5.74, 6) is -6.00. The average Bonchev–Trinajstić information content (AvgIpc) is 2.15. The third-order valence-electron chi connectivity index (χ3n) is 1.46. The van der Waals surface area contributed by atoms with E-state index in [1.807, 2.05) is 0 Å². The summed E-state index contributed by atoms with van der Waals surface area (Å²) in [7, 11) is 0. The fourth-order valence-electron chi connectivity index (χ4n) is 0.714. The fraction of sp³-hybridized carbons (Fsp3) is 0.333. The van der Waals surface area contributed by atoms with Crippen LogP contribution in [0.2, 0.25) is 0 Å². The molecule has 0 unspecified atom stereocenters. The zero-order valence-electron chi connectivity index (χ0n) is 9.57. The Labute approximate surface area is 106 Å². The van der Waals surface area contributed by atoms with Gasteiger partial charge >= 0.3 is 23.9 Å². The molecule has 0 radical (unpaired) electrons. The van der Waals surface area contributed by atoms with Crippen molar-refractivity contribution in [3.05, 3.63) is 12.7 Å². The van der Waals surface area contributed by atoms with E-state index in [4.69, 9.17) is 25.5 Å². The van der Waals surface area contributed by atoms with Gasteiger partial charge in [-0.15, -0.1) is 0 Å². The molecule has 0 aromatic carbocycles. The first-order valence-corrected chi connectivity index (χ1v) is 4.30. The van der Waals surface area contributed by atoms with E-state index in [0.717, 1.165) is 6.08 Å². The minimum atomic E-state index is -2.74.